The second-order valence-electron chi connectivity index (χ2n) is 5.16. The third kappa shape index (κ3) is 3.40. The van der Waals surface area contributed by atoms with Gasteiger partial charge in [0.25, 0.3) is 0 Å². The number of hydrogen-bond acceptors (Lipinski definition) is 3. The third-order valence-corrected chi connectivity index (χ3v) is 4.13. The Kier molecular flexibility index (Phi) is 4.46. The van der Waals surface area contributed by atoms with Crippen molar-refractivity contribution in [3.05, 3.63) is 57.8 Å². The van der Waals surface area contributed by atoms with Crippen LogP contribution in [0.2, 0.25) is 0 Å². The predicted molar refractivity (Wildman–Crippen MR) is 83.9 cm³/mol. The first-order valence-corrected chi connectivity index (χ1v) is 7.56. The number of aryl methyl sites for hydroxylation is 4. The summed E-state index contributed by atoms with van der Waals surface area (Å²) in [6, 6.07) is 10.8. The average molecular weight is 282 g/mol. The zero-order valence-corrected chi connectivity index (χ0v) is 13.1. The molecule has 0 amide bonds. The van der Waals surface area contributed by atoms with E-state index in [0.717, 1.165) is 22.0 Å². The first kappa shape index (κ1) is 14.6. The first-order chi connectivity index (χ1) is 9.49. The quantitative estimate of drug-likeness (QED) is 0.779. The van der Waals surface area contributed by atoms with Crippen molar-refractivity contribution in [2.75, 3.05) is 0 Å². The van der Waals surface area contributed by atoms with E-state index in [9.17, 15) is 5.26 Å². The van der Waals surface area contributed by atoms with Crippen LogP contribution < -0.4 is 0 Å². The van der Waals surface area contributed by atoms with Crippen molar-refractivity contribution in [2.24, 2.45) is 0 Å². The van der Waals surface area contributed by atoms with Gasteiger partial charge in [-0.3, -0.25) is 0 Å². The van der Waals surface area contributed by atoms with E-state index in [-0.39, 0.29) is 0 Å². The standard InChI is InChI=1S/C17H18N2S/c1-11-5-12(2)7-15(6-11)10-20-17-16(9-18)13(3)8-14(4)19-17/h5-8H,10H2,1-4H3. The van der Waals surface area contributed by atoms with Gasteiger partial charge >= 0.3 is 0 Å². The molecule has 102 valence electrons. The van der Waals surface area contributed by atoms with Crippen LogP contribution in [0.25, 0.3) is 0 Å². The second kappa shape index (κ2) is 6.11. The molecule has 0 radical (unpaired) electrons. The molecule has 1 heterocycles. The van der Waals surface area contributed by atoms with E-state index >= 15 is 0 Å². The monoisotopic (exact) mass is 282 g/mol. The second-order valence-corrected chi connectivity index (χ2v) is 6.12. The molecule has 2 rings (SSSR count). The Balaban J connectivity index is 2.25. The molecule has 0 spiro atoms. The molecule has 1 aromatic heterocycles. The molecular formula is C17H18N2S. The maximum Gasteiger partial charge on any atom is 0.115 e. The fraction of sp³-hybridized carbons (Fsp3) is 0.294. The predicted octanol–water partition coefficient (Wildman–Crippen LogP) is 4.48. The number of benzene rings is 1. The highest BCUT2D eigenvalue weighted by atomic mass is 32.2. The number of aromatic nitrogens is 1. The Morgan fingerprint density at radius 3 is 2.30 bits per heavy atom. The largest absolute Gasteiger partial charge is 0.245 e. The Morgan fingerprint density at radius 1 is 1.05 bits per heavy atom. The molecular weight excluding hydrogens is 264 g/mol. The smallest absolute Gasteiger partial charge is 0.115 e. The molecule has 0 aliphatic rings. The maximum atomic E-state index is 9.27. The molecule has 0 saturated carbocycles. The van der Waals surface area contributed by atoms with Crippen molar-refractivity contribution < 1.29 is 0 Å². The summed E-state index contributed by atoms with van der Waals surface area (Å²) >= 11 is 1.64. The van der Waals surface area contributed by atoms with E-state index in [1.807, 2.05) is 19.9 Å². The molecule has 0 saturated heterocycles. The molecule has 0 N–H and O–H groups in total. The van der Waals surface area contributed by atoms with Gasteiger partial charge < -0.3 is 0 Å². The number of nitrogens with zero attached hydrogens (tertiary/aromatic N) is 2. The third-order valence-electron chi connectivity index (χ3n) is 3.08. The minimum atomic E-state index is 0.699. The minimum absolute atomic E-state index is 0.699. The Labute approximate surface area is 124 Å². The van der Waals surface area contributed by atoms with Crippen molar-refractivity contribution in [3.8, 4) is 6.07 Å². The lowest BCUT2D eigenvalue weighted by Crippen LogP contribution is -1.95. The zero-order valence-electron chi connectivity index (χ0n) is 12.3. The van der Waals surface area contributed by atoms with Gasteiger partial charge in [0, 0.05) is 11.4 Å². The number of thioether (sulfide) groups is 1. The summed E-state index contributed by atoms with van der Waals surface area (Å²) < 4.78 is 0. The molecule has 0 atom stereocenters. The number of rotatable bonds is 3. The van der Waals surface area contributed by atoms with E-state index in [1.54, 1.807) is 11.8 Å². The molecule has 0 aliphatic carbocycles. The topological polar surface area (TPSA) is 36.7 Å². The molecule has 0 unspecified atom stereocenters. The van der Waals surface area contributed by atoms with Gasteiger partial charge in [-0.2, -0.15) is 5.26 Å². The van der Waals surface area contributed by atoms with Crippen molar-refractivity contribution in [3.63, 3.8) is 0 Å². The van der Waals surface area contributed by atoms with Gasteiger partial charge in [0.1, 0.15) is 11.1 Å². The lowest BCUT2D eigenvalue weighted by molar-refractivity contribution is 1.03. The van der Waals surface area contributed by atoms with E-state index in [0.29, 0.717) is 5.56 Å². The molecule has 2 aromatic rings. The van der Waals surface area contributed by atoms with Gasteiger partial charge in [-0.05, 0) is 44.9 Å². The van der Waals surface area contributed by atoms with Crippen LogP contribution in [-0.2, 0) is 5.75 Å². The zero-order chi connectivity index (χ0) is 14.7. The van der Waals surface area contributed by atoms with Crippen LogP contribution in [0.3, 0.4) is 0 Å². The fourth-order valence-corrected chi connectivity index (χ4v) is 3.38. The molecule has 0 fully saturated rings. The molecule has 0 bridgehead atoms. The van der Waals surface area contributed by atoms with Gasteiger partial charge in [0.05, 0.1) is 5.56 Å². The van der Waals surface area contributed by atoms with Gasteiger partial charge in [-0.1, -0.05) is 29.3 Å². The van der Waals surface area contributed by atoms with E-state index in [2.05, 4.69) is 43.1 Å². The summed E-state index contributed by atoms with van der Waals surface area (Å²) in [7, 11) is 0. The lowest BCUT2D eigenvalue weighted by Gasteiger charge is -2.08. The number of nitriles is 1. The summed E-state index contributed by atoms with van der Waals surface area (Å²) in [5.74, 6) is 0.840. The van der Waals surface area contributed by atoms with E-state index in [1.165, 1.54) is 16.7 Å². The number of hydrogen-bond donors (Lipinski definition) is 0. The van der Waals surface area contributed by atoms with E-state index < -0.39 is 0 Å². The van der Waals surface area contributed by atoms with Gasteiger partial charge in [-0.25, -0.2) is 4.98 Å². The van der Waals surface area contributed by atoms with Crippen LogP contribution in [0, 0.1) is 39.0 Å². The molecule has 0 aliphatic heterocycles. The summed E-state index contributed by atoms with van der Waals surface area (Å²) in [6.45, 7) is 8.15. The van der Waals surface area contributed by atoms with Crippen molar-refractivity contribution >= 4 is 11.8 Å². The van der Waals surface area contributed by atoms with Crippen LogP contribution in [0.15, 0.2) is 29.3 Å². The van der Waals surface area contributed by atoms with Crippen molar-refractivity contribution in [1.29, 1.82) is 5.26 Å². The van der Waals surface area contributed by atoms with Crippen LogP contribution in [0.4, 0.5) is 0 Å². The first-order valence-electron chi connectivity index (χ1n) is 6.58. The molecule has 3 heteroatoms. The SMILES string of the molecule is Cc1cc(C)cc(CSc2nc(C)cc(C)c2C#N)c1. The van der Waals surface area contributed by atoms with Crippen molar-refractivity contribution in [2.45, 2.75) is 38.5 Å². The molecule has 1 aromatic carbocycles. The lowest BCUT2D eigenvalue weighted by atomic mass is 10.1. The Hall–Kier alpha value is -1.79. The number of pyridine rings is 1. The van der Waals surface area contributed by atoms with Crippen LogP contribution in [0.1, 0.15) is 33.5 Å². The van der Waals surface area contributed by atoms with Gasteiger partial charge in [-0.15, -0.1) is 11.8 Å². The summed E-state index contributed by atoms with van der Waals surface area (Å²) in [5.41, 5.74) is 6.48. The van der Waals surface area contributed by atoms with Crippen LogP contribution >= 0.6 is 11.8 Å². The Morgan fingerprint density at radius 2 is 1.70 bits per heavy atom. The summed E-state index contributed by atoms with van der Waals surface area (Å²) in [6.07, 6.45) is 0. The summed E-state index contributed by atoms with van der Waals surface area (Å²) in [4.78, 5) is 4.51. The average Bonchev–Trinajstić information content (AvgIpc) is 2.34. The summed E-state index contributed by atoms with van der Waals surface area (Å²) in [5, 5.41) is 10.1. The molecule has 2 nitrogen and oxygen atoms in total. The van der Waals surface area contributed by atoms with Crippen LogP contribution in [-0.4, -0.2) is 4.98 Å². The van der Waals surface area contributed by atoms with Crippen molar-refractivity contribution in [1.82, 2.24) is 4.98 Å². The Bertz CT molecular complexity index is 664. The minimum Gasteiger partial charge on any atom is -0.245 e. The highest BCUT2D eigenvalue weighted by molar-refractivity contribution is 7.98. The van der Waals surface area contributed by atoms with Crippen LogP contribution in [0.5, 0.6) is 0 Å². The fourth-order valence-electron chi connectivity index (χ4n) is 2.35. The van der Waals surface area contributed by atoms with Gasteiger partial charge in [0.2, 0.25) is 0 Å². The molecule has 20 heavy (non-hydrogen) atoms. The van der Waals surface area contributed by atoms with Gasteiger partial charge in [0.15, 0.2) is 0 Å². The maximum absolute atomic E-state index is 9.27. The highest BCUT2D eigenvalue weighted by Gasteiger charge is 2.09. The van der Waals surface area contributed by atoms with E-state index in [4.69, 9.17) is 0 Å². The normalized spacial score (nSPS) is 10.3. The highest BCUT2D eigenvalue weighted by Crippen LogP contribution is 2.27.